The van der Waals surface area contributed by atoms with Crippen LogP contribution in [0.3, 0.4) is 0 Å². The molecule has 5 nitrogen and oxygen atoms in total. The van der Waals surface area contributed by atoms with E-state index in [0.717, 1.165) is 6.42 Å². The Bertz CT molecular complexity index is 298. The van der Waals surface area contributed by atoms with E-state index in [4.69, 9.17) is 5.73 Å². The first kappa shape index (κ1) is 14.4. The average molecular weight is 236 g/mol. The minimum atomic E-state index is -3.53. The molecule has 1 unspecified atom stereocenters. The van der Waals surface area contributed by atoms with Gasteiger partial charge in [-0.3, -0.25) is 9.52 Å². The first-order chi connectivity index (χ1) is 6.85. The molecule has 0 aromatic carbocycles. The molecule has 0 aromatic rings. The van der Waals surface area contributed by atoms with Crippen molar-refractivity contribution in [2.75, 3.05) is 6.54 Å². The number of hydrogen-bond acceptors (Lipinski definition) is 4. The van der Waals surface area contributed by atoms with Gasteiger partial charge in [0.25, 0.3) is 0 Å². The molecule has 0 saturated carbocycles. The summed E-state index contributed by atoms with van der Waals surface area (Å²) in [4.78, 5) is 11.5. The topological polar surface area (TPSA) is 89.3 Å². The van der Waals surface area contributed by atoms with Crippen molar-refractivity contribution in [1.82, 2.24) is 4.72 Å². The zero-order valence-electron chi connectivity index (χ0n) is 9.49. The third-order valence-electron chi connectivity index (χ3n) is 2.16. The summed E-state index contributed by atoms with van der Waals surface area (Å²) in [6, 6.07) is 0. The number of sulfonamides is 1. The molecule has 15 heavy (non-hydrogen) atoms. The van der Waals surface area contributed by atoms with Crippen molar-refractivity contribution in [1.29, 1.82) is 0 Å². The third kappa shape index (κ3) is 4.61. The summed E-state index contributed by atoms with van der Waals surface area (Å²) in [6.45, 7) is 5.14. The number of nitrogens with two attached hydrogens (primary N) is 1. The highest BCUT2D eigenvalue weighted by Crippen LogP contribution is 2.06. The van der Waals surface area contributed by atoms with Gasteiger partial charge in [-0.15, -0.1) is 0 Å². The molecule has 0 aliphatic carbocycles. The van der Waals surface area contributed by atoms with Gasteiger partial charge in [0.2, 0.25) is 15.9 Å². The van der Waals surface area contributed by atoms with Crippen molar-refractivity contribution in [3.63, 3.8) is 0 Å². The summed E-state index contributed by atoms with van der Waals surface area (Å²) in [5, 5.41) is -0.610. The number of hydrogen-bond donors (Lipinski definition) is 2. The van der Waals surface area contributed by atoms with Crippen LogP contribution in [0, 0.1) is 5.92 Å². The molecule has 1 amide bonds. The van der Waals surface area contributed by atoms with Crippen LogP contribution in [-0.4, -0.2) is 26.1 Å². The van der Waals surface area contributed by atoms with Crippen LogP contribution >= 0.6 is 0 Å². The van der Waals surface area contributed by atoms with Crippen LogP contribution in [0.2, 0.25) is 0 Å². The smallest absolute Gasteiger partial charge is 0.237 e. The number of nitrogens with one attached hydrogen (secondary N) is 1. The van der Waals surface area contributed by atoms with Crippen LogP contribution in [0.4, 0.5) is 0 Å². The molecule has 3 N–H and O–H groups in total. The van der Waals surface area contributed by atoms with E-state index in [0.29, 0.717) is 6.42 Å². The molecule has 0 heterocycles. The minimum absolute atomic E-state index is 0.174. The van der Waals surface area contributed by atoms with Crippen LogP contribution < -0.4 is 10.5 Å². The van der Waals surface area contributed by atoms with Gasteiger partial charge in [-0.2, -0.15) is 0 Å². The number of rotatable bonds is 6. The maximum atomic E-state index is 11.5. The van der Waals surface area contributed by atoms with E-state index in [2.05, 4.69) is 0 Å². The molecule has 0 bridgehead atoms. The second-order valence-electron chi connectivity index (χ2n) is 3.78. The highest BCUT2D eigenvalue weighted by atomic mass is 32.2. The Morgan fingerprint density at radius 3 is 2.27 bits per heavy atom. The summed E-state index contributed by atoms with van der Waals surface area (Å²) in [6.07, 6.45) is 1.41. The first-order valence-electron chi connectivity index (χ1n) is 5.10. The van der Waals surface area contributed by atoms with E-state index in [1.807, 2.05) is 11.6 Å². The van der Waals surface area contributed by atoms with Crippen molar-refractivity contribution < 1.29 is 13.2 Å². The lowest BCUT2D eigenvalue weighted by Gasteiger charge is -2.15. The lowest BCUT2D eigenvalue weighted by Crippen LogP contribution is -2.41. The Balaban J connectivity index is 4.47. The molecule has 0 aliphatic heterocycles. The summed E-state index contributed by atoms with van der Waals surface area (Å²) in [7, 11) is -3.53. The molecular weight excluding hydrogens is 216 g/mol. The molecule has 0 fully saturated rings. The standard InChI is InChI=1S/C9H20N2O3S/c1-4-5-8(6-10)9(12)11-15(13,14)7(2)3/h7-8H,4-6,10H2,1-3H3,(H,11,12). The Labute approximate surface area is 91.5 Å². The second kappa shape index (κ2) is 6.07. The van der Waals surface area contributed by atoms with Gasteiger partial charge in [-0.1, -0.05) is 13.3 Å². The van der Waals surface area contributed by atoms with E-state index in [1.165, 1.54) is 13.8 Å². The first-order valence-corrected chi connectivity index (χ1v) is 6.65. The van der Waals surface area contributed by atoms with Gasteiger partial charge in [0, 0.05) is 6.54 Å². The molecule has 0 saturated heterocycles. The second-order valence-corrected chi connectivity index (χ2v) is 6.02. The van der Waals surface area contributed by atoms with E-state index in [-0.39, 0.29) is 6.54 Å². The molecule has 0 rings (SSSR count). The van der Waals surface area contributed by atoms with Crippen LogP contribution in [-0.2, 0) is 14.8 Å². The van der Waals surface area contributed by atoms with Gasteiger partial charge < -0.3 is 5.73 Å². The predicted molar refractivity (Wildman–Crippen MR) is 59.7 cm³/mol. The van der Waals surface area contributed by atoms with Gasteiger partial charge in [0.05, 0.1) is 11.2 Å². The Hall–Kier alpha value is -0.620. The Morgan fingerprint density at radius 1 is 1.40 bits per heavy atom. The molecule has 1 atom stereocenters. The number of amides is 1. The van der Waals surface area contributed by atoms with Gasteiger partial charge in [-0.25, -0.2) is 8.42 Å². The number of carbonyl (C=O) groups excluding carboxylic acids is 1. The molecular formula is C9H20N2O3S. The van der Waals surface area contributed by atoms with Crippen LogP contribution in [0.25, 0.3) is 0 Å². The maximum Gasteiger partial charge on any atom is 0.237 e. The zero-order valence-corrected chi connectivity index (χ0v) is 10.3. The quantitative estimate of drug-likeness (QED) is 0.690. The van der Waals surface area contributed by atoms with Crippen LogP contribution in [0.15, 0.2) is 0 Å². The van der Waals surface area contributed by atoms with Gasteiger partial charge >= 0.3 is 0 Å². The lowest BCUT2D eigenvalue weighted by molar-refractivity contribution is -0.123. The molecule has 0 radical (unpaired) electrons. The molecule has 90 valence electrons. The van der Waals surface area contributed by atoms with E-state index in [9.17, 15) is 13.2 Å². The summed E-state index contributed by atoms with van der Waals surface area (Å²) >= 11 is 0. The largest absolute Gasteiger partial charge is 0.330 e. The van der Waals surface area contributed by atoms with Gasteiger partial charge in [0.15, 0.2) is 0 Å². The van der Waals surface area contributed by atoms with E-state index >= 15 is 0 Å². The maximum absolute atomic E-state index is 11.5. The Kier molecular flexibility index (Phi) is 5.82. The van der Waals surface area contributed by atoms with Crippen molar-refractivity contribution in [3.05, 3.63) is 0 Å². The van der Waals surface area contributed by atoms with Gasteiger partial charge in [0.1, 0.15) is 0 Å². The fourth-order valence-corrected chi connectivity index (χ4v) is 1.73. The molecule has 0 spiro atoms. The van der Waals surface area contributed by atoms with Crippen molar-refractivity contribution in [3.8, 4) is 0 Å². The predicted octanol–water partition coefficient (Wildman–Crippen LogP) is 0.216. The van der Waals surface area contributed by atoms with Crippen molar-refractivity contribution >= 4 is 15.9 Å². The highest BCUT2D eigenvalue weighted by molar-refractivity contribution is 7.90. The van der Waals surface area contributed by atoms with E-state index in [1.54, 1.807) is 0 Å². The summed E-state index contributed by atoms with van der Waals surface area (Å²) < 4.78 is 24.8. The molecule has 0 aromatic heterocycles. The van der Waals surface area contributed by atoms with Crippen LogP contribution in [0.1, 0.15) is 33.6 Å². The Morgan fingerprint density at radius 2 is 1.93 bits per heavy atom. The fourth-order valence-electron chi connectivity index (χ4n) is 1.05. The van der Waals surface area contributed by atoms with Gasteiger partial charge in [-0.05, 0) is 20.3 Å². The van der Waals surface area contributed by atoms with Crippen LogP contribution in [0.5, 0.6) is 0 Å². The summed E-state index contributed by atoms with van der Waals surface area (Å²) in [5.74, 6) is -0.906. The highest BCUT2D eigenvalue weighted by Gasteiger charge is 2.23. The van der Waals surface area contributed by atoms with Crippen molar-refractivity contribution in [2.24, 2.45) is 11.7 Å². The normalized spacial score (nSPS) is 13.9. The van der Waals surface area contributed by atoms with E-state index < -0.39 is 27.1 Å². The molecule has 0 aliphatic rings. The monoisotopic (exact) mass is 236 g/mol. The zero-order chi connectivity index (χ0) is 12.1. The van der Waals surface area contributed by atoms with Crippen molar-refractivity contribution in [2.45, 2.75) is 38.9 Å². The SMILES string of the molecule is CCCC(CN)C(=O)NS(=O)(=O)C(C)C. The number of carbonyl (C=O) groups is 1. The lowest BCUT2D eigenvalue weighted by atomic mass is 10.0. The fraction of sp³-hybridized carbons (Fsp3) is 0.889. The minimum Gasteiger partial charge on any atom is -0.330 e. The third-order valence-corrected chi connectivity index (χ3v) is 3.88. The molecule has 6 heteroatoms. The summed E-state index contributed by atoms with van der Waals surface area (Å²) in [5.41, 5.74) is 5.40. The average Bonchev–Trinajstić information content (AvgIpc) is 2.12.